The van der Waals surface area contributed by atoms with E-state index < -0.39 is 0 Å². The van der Waals surface area contributed by atoms with E-state index in [1.807, 2.05) is 29.2 Å². The Morgan fingerprint density at radius 2 is 2.12 bits per heavy atom. The highest BCUT2D eigenvalue weighted by Gasteiger charge is 2.26. The van der Waals surface area contributed by atoms with Gasteiger partial charge in [-0.2, -0.15) is 0 Å². The number of hydrogen-bond donors (Lipinski definition) is 1. The Balaban J connectivity index is 2.01. The topological polar surface area (TPSA) is 35.6 Å². The first-order chi connectivity index (χ1) is 11.5. The average Bonchev–Trinajstić information content (AvgIpc) is 2.55. The maximum Gasteiger partial charge on any atom is 0.219 e. The number of halogens is 1. The van der Waals surface area contributed by atoms with Crippen molar-refractivity contribution in [2.45, 2.75) is 45.6 Å². The summed E-state index contributed by atoms with van der Waals surface area (Å²) >= 11 is 11.7. The fraction of sp³-hybridized carbons (Fsp3) is 0.556. The highest BCUT2D eigenvalue weighted by atomic mass is 35.5. The summed E-state index contributed by atoms with van der Waals surface area (Å²) in [4.78, 5) is 15.7. The Hall–Kier alpha value is -1.33. The molecule has 0 bridgehead atoms. The van der Waals surface area contributed by atoms with Crippen LogP contribution in [0.5, 0.6) is 0 Å². The second kappa shape index (κ2) is 9.23. The summed E-state index contributed by atoms with van der Waals surface area (Å²) in [6.45, 7) is 6.38. The highest BCUT2D eigenvalue weighted by molar-refractivity contribution is 7.80. The van der Waals surface area contributed by atoms with Crippen LogP contribution in [-0.2, 0) is 4.79 Å². The van der Waals surface area contributed by atoms with Crippen LogP contribution in [0.25, 0.3) is 0 Å². The fourth-order valence-electron chi connectivity index (χ4n) is 3.03. The molecule has 0 unspecified atom stereocenters. The monoisotopic (exact) mass is 367 g/mol. The van der Waals surface area contributed by atoms with E-state index in [1.165, 1.54) is 0 Å². The van der Waals surface area contributed by atoms with Gasteiger partial charge in [-0.15, -0.1) is 0 Å². The Morgan fingerprint density at radius 1 is 1.42 bits per heavy atom. The molecule has 132 valence electrons. The van der Waals surface area contributed by atoms with Gasteiger partial charge in [-0.3, -0.25) is 4.79 Å². The standard InChI is InChI=1S/C18H26ClN3OS/c1-3-4-10-22(17-8-11-21(12-9-17)14(2)23)18(24)20-16-7-5-6-15(19)13-16/h5-7,13,17H,3-4,8-12H2,1-2H3,(H,20,24). The van der Waals surface area contributed by atoms with Crippen LogP contribution in [0.3, 0.4) is 0 Å². The SMILES string of the molecule is CCCCN(C(=S)Nc1cccc(Cl)c1)C1CCN(C(C)=O)CC1. The molecule has 1 heterocycles. The second-order valence-corrected chi connectivity index (χ2v) is 7.05. The Kier molecular flexibility index (Phi) is 7.31. The van der Waals surface area contributed by atoms with Crippen molar-refractivity contribution in [2.75, 3.05) is 25.0 Å². The van der Waals surface area contributed by atoms with Gasteiger partial charge in [0.05, 0.1) is 0 Å². The largest absolute Gasteiger partial charge is 0.346 e. The lowest BCUT2D eigenvalue weighted by atomic mass is 10.0. The zero-order valence-electron chi connectivity index (χ0n) is 14.4. The molecule has 1 aromatic carbocycles. The van der Waals surface area contributed by atoms with Crippen LogP contribution in [0, 0.1) is 0 Å². The number of amides is 1. The predicted octanol–water partition coefficient (Wildman–Crippen LogP) is 4.15. The van der Waals surface area contributed by atoms with Gasteiger partial charge in [0.15, 0.2) is 5.11 Å². The van der Waals surface area contributed by atoms with E-state index >= 15 is 0 Å². The number of anilines is 1. The lowest BCUT2D eigenvalue weighted by Crippen LogP contribution is -2.49. The van der Waals surface area contributed by atoms with Crippen molar-refractivity contribution in [2.24, 2.45) is 0 Å². The summed E-state index contributed by atoms with van der Waals surface area (Å²) < 4.78 is 0. The van der Waals surface area contributed by atoms with Gasteiger partial charge < -0.3 is 15.1 Å². The van der Waals surface area contributed by atoms with Crippen LogP contribution < -0.4 is 5.32 Å². The Bertz CT molecular complexity index is 573. The van der Waals surface area contributed by atoms with Gasteiger partial charge in [0.25, 0.3) is 0 Å². The summed E-state index contributed by atoms with van der Waals surface area (Å²) in [5, 5.41) is 4.75. The number of piperidine rings is 1. The number of carbonyl (C=O) groups excluding carboxylic acids is 1. The molecule has 1 fully saturated rings. The number of benzene rings is 1. The number of nitrogens with zero attached hydrogens (tertiary/aromatic N) is 2. The average molecular weight is 368 g/mol. The zero-order valence-corrected chi connectivity index (χ0v) is 16.0. The van der Waals surface area contributed by atoms with Gasteiger partial charge in [-0.1, -0.05) is 31.0 Å². The van der Waals surface area contributed by atoms with Crippen molar-refractivity contribution in [1.29, 1.82) is 0 Å². The summed E-state index contributed by atoms with van der Waals surface area (Å²) in [6.07, 6.45) is 4.15. The summed E-state index contributed by atoms with van der Waals surface area (Å²) in [5.74, 6) is 0.160. The first kappa shape index (κ1) is 19.0. The molecule has 1 N–H and O–H groups in total. The minimum absolute atomic E-state index is 0.160. The van der Waals surface area contributed by atoms with Crippen LogP contribution in [0.1, 0.15) is 39.5 Å². The molecule has 4 nitrogen and oxygen atoms in total. The van der Waals surface area contributed by atoms with E-state index in [4.69, 9.17) is 23.8 Å². The highest BCUT2D eigenvalue weighted by Crippen LogP contribution is 2.20. The third-order valence-corrected chi connectivity index (χ3v) is 5.01. The van der Waals surface area contributed by atoms with Crippen LogP contribution in [0.15, 0.2) is 24.3 Å². The first-order valence-electron chi connectivity index (χ1n) is 8.60. The lowest BCUT2D eigenvalue weighted by Gasteiger charge is -2.39. The third-order valence-electron chi connectivity index (χ3n) is 4.44. The van der Waals surface area contributed by atoms with Crippen LogP contribution >= 0.6 is 23.8 Å². The Labute approximate surface area is 155 Å². The number of rotatable bonds is 5. The predicted molar refractivity (Wildman–Crippen MR) is 105 cm³/mol. The van der Waals surface area contributed by atoms with Gasteiger partial charge in [0.1, 0.15) is 0 Å². The maximum atomic E-state index is 11.5. The molecular weight excluding hydrogens is 342 g/mol. The molecule has 0 aromatic heterocycles. The van der Waals surface area contributed by atoms with Crippen molar-refractivity contribution < 1.29 is 4.79 Å². The normalized spacial score (nSPS) is 15.2. The second-order valence-electron chi connectivity index (χ2n) is 6.22. The molecule has 6 heteroatoms. The fourth-order valence-corrected chi connectivity index (χ4v) is 3.58. The summed E-state index contributed by atoms with van der Waals surface area (Å²) in [5.41, 5.74) is 0.912. The van der Waals surface area contributed by atoms with E-state index in [-0.39, 0.29) is 5.91 Å². The van der Waals surface area contributed by atoms with Crippen LogP contribution in [0.2, 0.25) is 5.02 Å². The van der Waals surface area contributed by atoms with E-state index in [2.05, 4.69) is 17.1 Å². The Morgan fingerprint density at radius 3 is 2.71 bits per heavy atom. The van der Waals surface area contributed by atoms with Gasteiger partial charge in [-0.25, -0.2) is 0 Å². The number of hydrogen-bond acceptors (Lipinski definition) is 2. The molecule has 1 aromatic rings. The van der Waals surface area contributed by atoms with Crippen molar-refractivity contribution in [1.82, 2.24) is 9.80 Å². The van der Waals surface area contributed by atoms with Gasteiger partial charge >= 0.3 is 0 Å². The van der Waals surface area contributed by atoms with Gasteiger partial charge in [0, 0.05) is 43.3 Å². The lowest BCUT2D eigenvalue weighted by molar-refractivity contribution is -0.130. The molecule has 24 heavy (non-hydrogen) atoms. The van der Waals surface area contributed by atoms with E-state index in [0.717, 1.165) is 56.1 Å². The molecule has 1 amide bonds. The third kappa shape index (κ3) is 5.35. The molecule has 0 atom stereocenters. The smallest absolute Gasteiger partial charge is 0.219 e. The van der Waals surface area contributed by atoms with Crippen LogP contribution in [0.4, 0.5) is 5.69 Å². The number of unbranched alkanes of at least 4 members (excludes halogenated alkanes) is 1. The molecule has 0 saturated carbocycles. The van der Waals surface area contributed by atoms with Crippen LogP contribution in [-0.4, -0.2) is 46.5 Å². The molecule has 2 rings (SSSR count). The van der Waals surface area contributed by atoms with E-state index in [1.54, 1.807) is 6.92 Å². The number of carbonyl (C=O) groups is 1. The summed E-state index contributed by atoms with van der Waals surface area (Å²) in [7, 11) is 0. The molecular formula is C18H26ClN3OS. The van der Waals surface area contributed by atoms with Gasteiger partial charge in [0.2, 0.25) is 5.91 Å². The molecule has 0 spiro atoms. The molecule has 0 aliphatic carbocycles. The van der Waals surface area contributed by atoms with Gasteiger partial charge in [-0.05, 0) is 49.7 Å². The van der Waals surface area contributed by atoms with E-state index in [9.17, 15) is 4.79 Å². The van der Waals surface area contributed by atoms with Crippen molar-refractivity contribution >= 4 is 40.5 Å². The number of thiocarbonyl (C=S) groups is 1. The van der Waals surface area contributed by atoms with E-state index in [0.29, 0.717) is 11.1 Å². The molecule has 1 saturated heterocycles. The molecule has 0 radical (unpaired) electrons. The zero-order chi connectivity index (χ0) is 17.5. The maximum absolute atomic E-state index is 11.5. The van der Waals surface area contributed by atoms with Crippen molar-refractivity contribution in [3.8, 4) is 0 Å². The number of likely N-dealkylation sites (tertiary alicyclic amines) is 1. The van der Waals surface area contributed by atoms with Crippen molar-refractivity contribution in [3.05, 3.63) is 29.3 Å². The molecule has 1 aliphatic rings. The summed E-state index contributed by atoms with van der Waals surface area (Å²) in [6, 6.07) is 7.99. The number of nitrogens with one attached hydrogen (secondary N) is 1. The first-order valence-corrected chi connectivity index (χ1v) is 9.38. The molecule has 1 aliphatic heterocycles. The quantitative estimate of drug-likeness (QED) is 0.793. The minimum atomic E-state index is 0.160. The minimum Gasteiger partial charge on any atom is -0.346 e. The van der Waals surface area contributed by atoms with Crippen molar-refractivity contribution in [3.63, 3.8) is 0 Å².